The molecule has 0 spiro atoms. The van der Waals surface area contributed by atoms with E-state index >= 15 is 0 Å². The van der Waals surface area contributed by atoms with Gasteiger partial charge in [-0.15, -0.1) is 0 Å². The van der Waals surface area contributed by atoms with Crippen molar-refractivity contribution in [2.45, 2.75) is 0 Å². The summed E-state index contributed by atoms with van der Waals surface area (Å²) in [5.74, 6) is -1.68. The molecule has 1 heterocycles. The topological polar surface area (TPSA) is 38.5 Å². The minimum atomic E-state index is -0.844. The van der Waals surface area contributed by atoms with Gasteiger partial charge < -0.3 is 15.4 Å². The summed E-state index contributed by atoms with van der Waals surface area (Å²) in [4.78, 5) is 1.99. The number of morpholine rings is 1. The quantitative estimate of drug-likeness (QED) is 0.893. The van der Waals surface area contributed by atoms with E-state index in [4.69, 9.17) is 10.5 Å². The predicted molar refractivity (Wildman–Crippen MR) is 67.5 cm³/mol. The molecular weight excluding hydrogens is 238 g/mol. The molecule has 2 N–H and O–H groups in total. The Hall–Kier alpha value is -1.46. The van der Waals surface area contributed by atoms with Gasteiger partial charge in [-0.1, -0.05) is 12.2 Å². The van der Waals surface area contributed by atoms with Crippen molar-refractivity contribution in [2.75, 3.05) is 37.7 Å². The summed E-state index contributed by atoms with van der Waals surface area (Å²) < 4.78 is 31.9. The number of hydrogen-bond acceptors (Lipinski definition) is 3. The minimum Gasteiger partial charge on any atom is -0.378 e. The number of nitrogens with zero attached hydrogens (tertiary/aromatic N) is 1. The lowest BCUT2D eigenvalue weighted by Crippen LogP contribution is -2.36. The molecule has 1 saturated heterocycles. The molecule has 0 bridgehead atoms. The summed E-state index contributed by atoms with van der Waals surface area (Å²) in [6, 6.07) is 2.43. The van der Waals surface area contributed by atoms with Crippen LogP contribution in [0.25, 0.3) is 6.08 Å². The Labute approximate surface area is 105 Å². The Morgan fingerprint density at radius 2 is 1.89 bits per heavy atom. The molecule has 18 heavy (non-hydrogen) atoms. The van der Waals surface area contributed by atoms with Crippen LogP contribution in [0.3, 0.4) is 0 Å². The standard InChI is InChI=1S/C13H16F2N2O/c14-11-8-10(2-1-3-16)13(9-12(11)15)17-4-6-18-7-5-17/h1-2,8-9H,3-7,16H2/b2-1+. The van der Waals surface area contributed by atoms with Crippen LogP contribution in [0.15, 0.2) is 18.2 Å². The molecule has 2 rings (SSSR count). The number of anilines is 1. The third kappa shape index (κ3) is 2.86. The zero-order chi connectivity index (χ0) is 13.0. The molecule has 0 aromatic heterocycles. The van der Waals surface area contributed by atoms with Gasteiger partial charge in [-0.3, -0.25) is 0 Å². The fourth-order valence-corrected chi connectivity index (χ4v) is 1.96. The number of hydrogen-bond donors (Lipinski definition) is 1. The van der Waals surface area contributed by atoms with E-state index in [1.807, 2.05) is 4.90 Å². The second kappa shape index (κ2) is 5.93. The van der Waals surface area contributed by atoms with E-state index in [1.54, 1.807) is 12.2 Å². The third-order valence-electron chi connectivity index (χ3n) is 2.85. The van der Waals surface area contributed by atoms with E-state index in [0.29, 0.717) is 44.1 Å². The van der Waals surface area contributed by atoms with Crippen molar-refractivity contribution in [2.24, 2.45) is 5.73 Å². The van der Waals surface area contributed by atoms with Crippen LogP contribution in [0.2, 0.25) is 0 Å². The van der Waals surface area contributed by atoms with E-state index in [-0.39, 0.29) is 0 Å². The number of halogens is 2. The van der Waals surface area contributed by atoms with Crippen molar-refractivity contribution in [3.05, 3.63) is 35.4 Å². The maximum Gasteiger partial charge on any atom is 0.160 e. The highest BCUT2D eigenvalue weighted by atomic mass is 19.2. The Morgan fingerprint density at radius 1 is 1.22 bits per heavy atom. The maximum atomic E-state index is 13.4. The number of rotatable bonds is 3. The highest BCUT2D eigenvalue weighted by Gasteiger charge is 2.16. The van der Waals surface area contributed by atoms with Crippen LogP contribution in [0.1, 0.15) is 5.56 Å². The zero-order valence-electron chi connectivity index (χ0n) is 10.0. The van der Waals surface area contributed by atoms with Crippen LogP contribution in [0.5, 0.6) is 0 Å². The van der Waals surface area contributed by atoms with Crippen molar-refractivity contribution in [1.29, 1.82) is 0 Å². The number of nitrogens with two attached hydrogens (primary N) is 1. The molecule has 0 aliphatic carbocycles. The molecule has 1 aliphatic rings. The fraction of sp³-hybridized carbons (Fsp3) is 0.385. The molecule has 0 atom stereocenters. The smallest absolute Gasteiger partial charge is 0.160 e. The first kappa shape index (κ1) is 13.0. The SMILES string of the molecule is NC/C=C/c1cc(F)c(F)cc1N1CCOCC1. The van der Waals surface area contributed by atoms with Crippen LogP contribution in [0, 0.1) is 11.6 Å². The molecule has 0 radical (unpaired) electrons. The summed E-state index contributed by atoms with van der Waals surface area (Å²) in [6.07, 6.45) is 3.43. The van der Waals surface area contributed by atoms with Gasteiger partial charge in [-0.05, 0) is 6.07 Å². The first-order chi connectivity index (χ1) is 8.72. The molecule has 1 fully saturated rings. The molecule has 0 amide bonds. The molecule has 3 nitrogen and oxygen atoms in total. The lowest BCUT2D eigenvalue weighted by atomic mass is 10.1. The molecular formula is C13H16F2N2O. The first-order valence-corrected chi connectivity index (χ1v) is 5.90. The molecule has 1 aromatic carbocycles. The summed E-state index contributed by atoms with van der Waals surface area (Å²) in [5.41, 5.74) is 6.71. The lowest BCUT2D eigenvalue weighted by Gasteiger charge is -2.30. The summed E-state index contributed by atoms with van der Waals surface area (Å²) in [6.45, 7) is 2.91. The van der Waals surface area contributed by atoms with Gasteiger partial charge in [0.2, 0.25) is 0 Å². The Balaban J connectivity index is 2.35. The zero-order valence-corrected chi connectivity index (χ0v) is 10.0. The maximum absolute atomic E-state index is 13.4. The average molecular weight is 254 g/mol. The monoisotopic (exact) mass is 254 g/mol. The number of ether oxygens (including phenoxy) is 1. The summed E-state index contributed by atoms with van der Waals surface area (Å²) in [5, 5.41) is 0. The Kier molecular flexibility index (Phi) is 4.28. The lowest BCUT2D eigenvalue weighted by molar-refractivity contribution is 0.122. The van der Waals surface area contributed by atoms with Crippen molar-refractivity contribution in [1.82, 2.24) is 0 Å². The summed E-state index contributed by atoms with van der Waals surface area (Å²) >= 11 is 0. The second-order valence-electron chi connectivity index (χ2n) is 4.06. The van der Waals surface area contributed by atoms with Gasteiger partial charge >= 0.3 is 0 Å². The largest absolute Gasteiger partial charge is 0.378 e. The molecule has 0 unspecified atom stereocenters. The normalized spacial score (nSPS) is 16.5. The van der Waals surface area contributed by atoms with Crippen molar-refractivity contribution in [3.63, 3.8) is 0 Å². The molecule has 5 heteroatoms. The van der Waals surface area contributed by atoms with E-state index in [2.05, 4.69) is 0 Å². The predicted octanol–water partition coefficient (Wildman–Crippen LogP) is 1.77. The van der Waals surface area contributed by atoms with Crippen molar-refractivity contribution in [3.8, 4) is 0 Å². The average Bonchev–Trinajstić information content (AvgIpc) is 2.40. The van der Waals surface area contributed by atoms with Gasteiger partial charge in [0.15, 0.2) is 11.6 Å². The Morgan fingerprint density at radius 3 is 2.56 bits per heavy atom. The van der Waals surface area contributed by atoms with Gasteiger partial charge in [0.25, 0.3) is 0 Å². The fourth-order valence-electron chi connectivity index (χ4n) is 1.96. The van der Waals surface area contributed by atoms with E-state index < -0.39 is 11.6 Å². The molecule has 1 aromatic rings. The van der Waals surface area contributed by atoms with Crippen LogP contribution in [-0.4, -0.2) is 32.8 Å². The van der Waals surface area contributed by atoms with Crippen LogP contribution in [0.4, 0.5) is 14.5 Å². The minimum absolute atomic E-state index is 0.363. The van der Waals surface area contributed by atoms with E-state index in [0.717, 1.165) is 0 Å². The van der Waals surface area contributed by atoms with E-state index in [9.17, 15) is 8.78 Å². The van der Waals surface area contributed by atoms with Gasteiger partial charge in [-0.25, -0.2) is 8.78 Å². The van der Waals surface area contributed by atoms with E-state index in [1.165, 1.54) is 12.1 Å². The van der Waals surface area contributed by atoms with Crippen molar-refractivity contribution < 1.29 is 13.5 Å². The van der Waals surface area contributed by atoms with Crippen LogP contribution in [-0.2, 0) is 4.74 Å². The van der Waals surface area contributed by atoms with Crippen LogP contribution < -0.4 is 10.6 Å². The first-order valence-electron chi connectivity index (χ1n) is 5.90. The number of benzene rings is 1. The van der Waals surface area contributed by atoms with Gasteiger partial charge in [0.05, 0.1) is 13.2 Å². The highest BCUT2D eigenvalue weighted by Crippen LogP contribution is 2.26. The molecule has 98 valence electrons. The third-order valence-corrected chi connectivity index (χ3v) is 2.85. The van der Waals surface area contributed by atoms with Crippen molar-refractivity contribution >= 4 is 11.8 Å². The van der Waals surface area contributed by atoms with Crippen LogP contribution >= 0.6 is 0 Å². The summed E-state index contributed by atoms with van der Waals surface area (Å²) in [7, 11) is 0. The molecule has 1 aliphatic heterocycles. The highest BCUT2D eigenvalue weighted by molar-refractivity contribution is 5.68. The van der Waals surface area contributed by atoms with Gasteiger partial charge in [-0.2, -0.15) is 0 Å². The second-order valence-corrected chi connectivity index (χ2v) is 4.06. The van der Waals surface area contributed by atoms with Gasteiger partial charge in [0, 0.05) is 37.0 Å². The molecule has 0 saturated carbocycles. The Bertz CT molecular complexity index is 443. The van der Waals surface area contributed by atoms with Gasteiger partial charge in [0.1, 0.15) is 0 Å².